The molecule has 0 aromatic rings. The third-order valence-electron chi connectivity index (χ3n) is 2.34. The molecule has 0 aliphatic carbocycles. The van der Waals surface area contributed by atoms with Gasteiger partial charge in [-0.3, -0.25) is 4.79 Å². The molecule has 7 heteroatoms. The van der Waals surface area contributed by atoms with Gasteiger partial charge in [-0.1, -0.05) is 0 Å². The Hall–Kier alpha value is -0.473. The van der Waals surface area contributed by atoms with Crippen LogP contribution in [0.15, 0.2) is 0 Å². The molecule has 17 heavy (non-hydrogen) atoms. The van der Waals surface area contributed by atoms with E-state index in [1.165, 1.54) is 0 Å². The van der Waals surface area contributed by atoms with Crippen molar-refractivity contribution in [2.45, 2.75) is 19.4 Å². The molecule has 0 amide bonds. The normalized spacial score (nSPS) is 11.5. The molecule has 0 rings (SSSR count). The molecule has 0 spiro atoms. The van der Waals surface area contributed by atoms with Crippen molar-refractivity contribution in [1.82, 2.24) is 5.32 Å². The highest BCUT2D eigenvalue weighted by Gasteiger charge is 2.36. The van der Waals surface area contributed by atoms with Gasteiger partial charge in [0.1, 0.15) is 0 Å². The Kier molecular flexibility index (Phi) is 9.28. The highest BCUT2D eigenvalue weighted by molar-refractivity contribution is 6.60. The van der Waals surface area contributed by atoms with E-state index in [0.717, 1.165) is 6.42 Å². The Labute approximate surface area is 104 Å². The average molecular weight is 265 g/mol. The van der Waals surface area contributed by atoms with Gasteiger partial charge >= 0.3 is 14.8 Å². The van der Waals surface area contributed by atoms with Gasteiger partial charge in [0.2, 0.25) is 0 Å². The van der Waals surface area contributed by atoms with Gasteiger partial charge in [-0.15, -0.1) is 0 Å². The van der Waals surface area contributed by atoms with Crippen molar-refractivity contribution in [2.75, 3.05) is 41.0 Å². The van der Waals surface area contributed by atoms with Crippen molar-refractivity contribution in [3.63, 3.8) is 0 Å². The predicted octanol–water partition coefficient (Wildman–Crippen LogP) is 0.407. The maximum atomic E-state index is 11.0. The summed E-state index contributed by atoms with van der Waals surface area (Å²) in [6.45, 7) is 3.13. The second-order valence-corrected chi connectivity index (χ2v) is 6.47. The zero-order valence-electron chi connectivity index (χ0n) is 11.1. The summed E-state index contributed by atoms with van der Waals surface area (Å²) in [4.78, 5) is 11.0. The van der Waals surface area contributed by atoms with Crippen LogP contribution < -0.4 is 5.32 Å². The molecule has 0 fully saturated rings. The lowest BCUT2D eigenvalue weighted by Gasteiger charge is -2.24. The predicted molar refractivity (Wildman–Crippen MR) is 65.7 cm³/mol. The van der Waals surface area contributed by atoms with Crippen LogP contribution in [0.3, 0.4) is 0 Å². The van der Waals surface area contributed by atoms with Gasteiger partial charge in [0, 0.05) is 27.4 Å². The molecule has 0 aromatic carbocycles. The molecule has 6 nitrogen and oxygen atoms in total. The molecule has 0 aliphatic rings. The van der Waals surface area contributed by atoms with E-state index in [9.17, 15) is 4.79 Å². The maximum Gasteiger partial charge on any atom is 0.500 e. The number of carbonyl (C=O) groups excluding carboxylic acids is 1. The van der Waals surface area contributed by atoms with E-state index in [4.69, 9.17) is 18.0 Å². The van der Waals surface area contributed by atoms with Gasteiger partial charge < -0.3 is 23.3 Å². The molecule has 0 atom stereocenters. The molecule has 1 N–H and O–H groups in total. The van der Waals surface area contributed by atoms with Crippen LogP contribution in [0.5, 0.6) is 0 Å². The van der Waals surface area contributed by atoms with Gasteiger partial charge in [0.25, 0.3) is 0 Å². The maximum absolute atomic E-state index is 11.0. The lowest BCUT2D eigenvalue weighted by atomic mass is 10.5. The van der Waals surface area contributed by atoms with E-state index < -0.39 is 8.80 Å². The second-order valence-electron chi connectivity index (χ2n) is 3.38. The van der Waals surface area contributed by atoms with E-state index >= 15 is 0 Å². The summed E-state index contributed by atoms with van der Waals surface area (Å²) in [5.41, 5.74) is 0. The highest BCUT2D eigenvalue weighted by atomic mass is 28.4. The molecule has 0 aromatic heterocycles. The van der Waals surface area contributed by atoms with Crippen LogP contribution in [0.25, 0.3) is 0 Å². The Bertz CT molecular complexity index is 203. The summed E-state index contributed by atoms with van der Waals surface area (Å²) < 4.78 is 20.6. The minimum absolute atomic E-state index is 0.231. The fourth-order valence-electron chi connectivity index (χ4n) is 1.39. The van der Waals surface area contributed by atoms with E-state index in [1.807, 2.05) is 0 Å². The molecular weight excluding hydrogens is 242 g/mol. The number of hydrogen-bond donors (Lipinski definition) is 1. The minimum Gasteiger partial charge on any atom is -0.465 e. The zero-order chi connectivity index (χ0) is 13.1. The van der Waals surface area contributed by atoms with E-state index in [-0.39, 0.29) is 12.5 Å². The van der Waals surface area contributed by atoms with Crippen LogP contribution in [0, 0.1) is 0 Å². The first-order valence-corrected chi connectivity index (χ1v) is 7.59. The molecule has 0 unspecified atom stereocenters. The average Bonchev–Trinajstić information content (AvgIpc) is 2.35. The number of ether oxygens (including phenoxy) is 1. The highest BCUT2D eigenvalue weighted by Crippen LogP contribution is 2.14. The number of nitrogens with one attached hydrogen (secondary N) is 1. The van der Waals surface area contributed by atoms with Crippen molar-refractivity contribution in [3.05, 3.63) is 0 Å². The SMILES string of the molecule is CCOC(=O)CNCCC[Si](OC)(OC)OC. The van der Waals surface area contributed by atoms with Crippen molar-refractivity contribution in [2.24, 2.45) is 0 Å². The molecule has 0 saturated heterocycles. The number of esters is 1. The monoisotopic (exact) mass is 265 g/mol. The molecule has 0 bridgehead atoms. The first-order chi connectivity index (χ1) is 8.14. The van der Waals surface area contributed by atoms with Crippen LogP contribution in [-0.2, 0) is 22.8 Å². The number of rotatable bonds is 10. The Morgan fingerprint density at radius 1 is 1.18 bits per heavy atom. The summed E-state index contributed by atoms with van der Waals surface area (Å²) in [7, 11) is 2.30. The van der Waals surface area contributed by atoms with Crippen LogP contribution in [0.1, 0.15) is 13.3 Å². The van der Waals surface area contributed by atoms with Gasteiger partial charge in [0.15, 0.2) is 0 Å². The van der Waals surface area contributed by atoms with Crippen LogP contribution in [0.4, 0.5) is 0 Å². The Morgan fingerprint density at radius 3 is 2.24 bits per heavy atom. The molecular formula is C10H23NO5Si. The van der Waals surface area contributed by atoms with Gasteiger partial charge in [-0.25, -0.2) is 0 Å². The smallest absolute Gasteiger partial charge is 0.465 e. The van der Waals surface area contributed by atoms with Crippen LogP contribution in [-0.4, -0.2) is 55.8 Å². The molecule has 102 valence electrons. The van der Waals surface area contributed by atoms with Crippen molar-refractivity contribution in [3.8, 4) is 0 Å². The topological polar surface area (TPSA) is 66.0 Å². The quantitative estimate of drug-likeness (QED) is 0.350. The summed E-state index contributed by atoms with van der Waals surface area (Å²) in [6.07, 6.45) is 0.821. The van der Waals surface area contributed by atoms with Crippen LogP contribution in [0.2, 0.25) is 6.04 Å². The summed E-state index contributed by atoms with van der Waals surface area (Å²) in [5.74, 6) is -0.235. The summed E-state index contributed by atoms with van der Waals surface area (Å²) in [6, 6.07) is 0.715. The van der Waals surface area contributed by atoms with Gasteiger partial charge in [-0.05, 0) is 19.9 Å². The van der Waals surface area contributed by atoms with Gasteiger partial charge in [0.05, 0.1) is 13.2 Å². The standard InChI is InChI=1S/C10H23NO5Si/c1-5-16-10(12)9-11-7-6-8-17(13-2,14-3)15-4/h11H,5-9H2,1-4H3. The Morgan fingerprint density at radius 2 is 1.76 bits per heavy atom. The van der Waals surface area contributed by atoms with E-state index in [1.54, 1.807) is 28.3 Å². The summed E-state index contributed by atoms with van der Waals surface area (Å²) in [5, 5.41) is 3.00. The minimum atomic E-state index is -2.47. The van der Waals surface area contributed by atoms with Gasteiger partial charge in [-0.2, -0.15) is 0 Å². The molecule has 0 saturated carbocycles. The zero-order valence-corrected chi connectivity index (χ0v) is 12.1. The van der Waals surface area contributed by atoms with E-state index in [2.05, 4.69) is 5.32 Å². The molecule has 0 radical (unpaired) electrons. The first-order valence-electron chi connectivity index (χ1n) is 5.66. The first kappa shape index (κ1) is 16.5. The third-order valence-corrected chi connectivity index (χ3v) is 5.18. The fourth-order valence-corrected chi connectivity index (χ4v) is 3.11. The lowest BCUT2D eigenvalue weighted by molar-refractivity contribution is -0.141. The Balaban J connectivity index is 3.65. The lowest BCUT2D eigenvalue weighted by Crippen LogP contribution is -2.43. The summed E-state index contributed by atoms with van der Waals surface area (Å²) >= 11 is 0. The number of hydrogen-bond acceptors (Lipinski definition) is 6. The molecule has 0 aliphatic heterocycles. The van der Waals surface area contributed by atoms with Crippen molar-refractivity contribution in [1.29, 1.82) is 0 Å². The third kappa shape index (κ3) is 6.74. The van der Waals surface area contributed by atoms with E-state index in [0.29, 0.717) is 19.2 Å². The van der Waals surface area contributed by atoms with Crippen LogP contribution >= 0.6 is 0 Å². The second kappa shape index (κ2) is 9.55. The number of carbonyl (C=O) groups is 1. The fraction of sp³-hybridized carbons (Fsp3) is 0.900. The van der Waals surface area contributed by atoms with Crippen molar-refractivity contribution >= 4 is 14.8 Å². The largest absolute Gasteiger partial charge is 0.500 e. The molecule has 0 heterocycles. The van der Waals surface area contributed by atoms with Crippen molar-refractivity contribution < 1.29 is 22.8 Å².